The molecule has 0 aliphatic rings. The Hall–Kier alpha value is -3.73. The normalized spacial score (nSPS) is 10.8. The Bertz CT molecular complexity index is 1250. The lowest BCUT2D eigenvalue weighted by molar-refractivity contribution is 0.411. The maximum atomic E-state index is 14.7. The fourth-order valence-electron chi connectivity index (χ4n) is 3.76. The van der Waals surface area contributed by atoms with Gasteiger partial charge in [-0.2, -0.15) is 0 Å². The Balaban J connectivity index is 1.47. The van der Waals surface area contributed by atoms with Crippen LogP contribution in [0, 0.1) is 17.5 Å². The fraction of sp³-hybridized carbons (Fsp3) is 0.143. The smallest absolute Gasteiger partial charge is 0.166 e. The second kappa shape index (κ2) is 9.82. The number of ether oxygens (including phenoxy) is 2. The van der Waals surface area contributed by atoms with E-state index < -0.39 is 11.6 Å². The lowest BCUT2D eigenvalue weighted by Crippen LogP contribution is -2.00. The van der Waals surface area contributed by atoms with Crippen molar-refractivity contribution in [3.8, 4) is 33.8 Å². The van der Waals surface area contributed by atoms with Crippen molar-refractivity contribution in [1.29, 1.82) is 0 Å². The molecule has 4 rings (SSSR count). The van der Waals surface area contributed by atoms with Crippen molar-refractivity contribution in [2.24, 2.45) is 0 Å². The second-order valence-corrected chi connectivity index (χ2v) is 7.67. The lowest BCUT2D eigenvalue weighted by Gasteiger charge is -2.10. The molecule has 0 N–H and O–H groups in total. The molecule has 0 bridgehead atoms. The van der Waals surface area contributed by atoms with E-state index >= 15 is 0 Å². The third-order valence-corrected chi connectivity index (χ3v) is 5.69. The van der Waals surface area contributed by atoms with E-state index in [0.29, 0.717) is 41.0 Å². The van der Waals surface area contributed by atoms with Crippen molar-refractivity contribution in [2.45, 2.75) is 12.8 Å². The molecule has 0 unspecified atom stereocenters. The average molecular weight is 448 g/mol. The number of halogens is 3. The molecule has 0 spiro atoms. The van der Waals surface area contributed by atoms with E-state index in [1.165, 1.54) is 13.2 Å². The molecular weight excluding hydrogens is 425 g/mol. The highest BCUT2D eigenvalue weighted by atomic mass is 19.2. The van der Waals surface area contributed by atoms with Crippen LogP contribution >= 0.6 is 0 Å². The molecule has 0 saturated heterocycles. The summed E-state index contributed by atoms with van der Waals surface area (Å²) in [6.45, 7) is 0. The van der Waals surface area contributed by atoms with Crippen molar-refractivity contribution in [2.75, 3.05) is 14.2 Å². The minimum absolute atomic E-state index is 0.213. The largest absolute Gasteiger partial charge is 0.497 e. The zero-order valence-electron chi connectivity index (χ0n) is 18.4. The molecule has 0 aliphatic heterocycles. The van der Waals surface area contributed by atoms with E-state index in [-0.39, 0.29) is 11.4 Å². The molecule has 4 aromatic rings. The molecule has 0 fully saturated rings. The van der Waals surface area contributed by atoms with Crippen LogP contribution in [-0.4, -0.2) is 14.2 Å². The summed E-state index contributed by atoms with van der Waals surface area (Å²) < 4.78 is 53.9. The topological polar surface area (TPSA) is 18.5 Å². The summed E-state index contributed by atoms with van der Waals surface area (Å²) in [5.74, 6) is -0.947. The van der Waals surface area contributed by atoms with Crippen molar-refractivity contribution in [3.05, 3.63) is 107 Å². The Morgan fingerprint density at radius 3 is 1.79 bits per heavy atom. The van der Waals surface area contributed by atoms with Gasteiger partial charge in [-0.1, -0.05) is 48.5 Å². The van der Waals surface area contributed by atoms with Gasteiger partial charge in [0.05, 0.1) is 14.2 Å². The Labute approximate surface area is 191 Å². The van der Waals surface area contributed by atoms with Crippen molar-refractivity contribution in [1.82, 2.24) is 0 Å². The number of benzene rings is 4. The zero-order chi connectivity index (χ0) is 23.4. The van der Waals surface area contributed by atoms with Gasteiger partial charge in [-0.25, -0.2) is 13.2 Å². The molecule has 0 saturated carbocycles. The van der Waals surface area contributed by atoms with Gasteiger partial charge in [0.25, 0.3) is 0 Å². The zero-order valence-corrected chi connectivity index (χ0v) is 18.4. The summed E-state index contributed by atoms with van der Waals surface area (Å²) >= 11 is 0. The summed E-state index contributed by atoms with van der Waals surface area (Å²) in [5, 5.41) is 0. The van der Waals surface area contributed by atoms with Gasteiger partial charge < -0.3 is 9.47 Å². The third-order valence-electron chi connectivity index (χ3n) is 5.69. The molecule has 33 heavy (non-hydrogen) atoms. The summed E-state index contributed by atoms with van der Waals surface area (Å²) in [6.07, 6.45) is 0.880. The molecule has 0 amide bonds. The molecule has 4 aromatic carbocycles. The van der Waals surface area contributed by atoms with Gasteiger partial charge in [0, 0.05) is 17.2 Å². The van der Waals surface area contributed by atoms with E-state index in [0.717, 1.165) is 11.1 Å². The number of hydrogen-bond donors (Lipinski definition) is 0. The van der Waals surface area contributed by atoms with Crippen molar-refractivity contribution >= 4 is 0 Å². The van der Waals surface area contributed by atoms with Gasteiger partial charge in [-0.3, -0.25) is 0 Å². The van der Waals surface area contributed by atoms with Crippen molar-refractivity contribution in [3.63, 3.8) is 0 Å². The molecule has 0 aliphatic carbocycles. The van der Waals surface area contributed by atoms with Crippen LogP contribution in [0.15, 0.2) is 78.9 Å². The van der Waals surface area contributed by atoms with E-state index in [9.17, 15) is 13.2 Å². The maximum absolute atomic E-state index is 14.7. The summed E-state index contributed by atoms with van der Waals surface area (Å²) in [6, 6.07) is 22.2. The van der Waals surface area contributed by atoms with Gasteiger partial charge in [0.1, 0.15) is 17.3 Å². The number of hydrogen-bond acceptors (Lipinski definition) is 2. The van der Waals surface area contributed by atoms with Crippen LogP contribution in [0.3, 0.4) is 0 Å². The van der Waals surface area contributed by atoms with E-state index in [1.807, 2.05) is 24.3 Å². The minimum Gasteiger partial charge on any atom is -0.497 e. The molecule has 0 aromatic heterocycles. The summed E-state index contributed by atoms with van der Waals surface area (Å²) in [7, 11) is 3.04. The molecular formula is C28H23F3O2. The molecule has 168 valence electrons. The number of aryl methyl sites for hydroxylation is 2. The van der Waals surface area contributed by atoms with Crippen LogP contribution in [0.2, 0.25) is 0 Å². The average Bonchev–Trinajstić information content (AvgIpc) is 2.85. The highest BCUT2D eigenvalue weighted by Gasteiger charge is 2.15. The quantitative estimate of drug-likeness (QED) is 0.297. The predicted octanol–water partition coefficient (Wildman–Crippen LogP) is 7.24. The Morgan fingerprint density at radius 2 is 1.15 bits per heavy atom. The Morgan fingerprint density at radius 1 is 0.576 bits per heavy atom. The molecule has 0 atom stereocenters. The SMILES string of the molecule is COc1ccc(-c2ccc(CCc3ccc(-c4ccc(OC)cc4F)cc3)c(F)c2F)cc1. The first-order chi connectivity index (χ1) is 16.0. The second-order valence-electron chi connectivity index (χ2n) is 7.67. The summed E-state index contributed by atoms with van der Waals surface area (Å²) in [4.78, 5) is 0. The standard InChI is InChI=1S/C28H23F3O2/c1-32-22-12-9-20(10-13-22)25-15-11-21(27(30)28(25)31)8-5-18-3-6-19(7-4-18)24-16-14-23(33-2)17-26(24)29/h3-4,6-7,9-17H,5,8H2,1-2H3. The lowest BCUT2D eigenvalue weighted by atomic mass is 9.97. The van der Waals surface area contributed by atoms with Crippen LogP contribution in [0.4, 0.5) is 13.2 Å². The molecule has 5 heteroatoms. The first-order valence-electron chi connectivity index (χ1n) is 10.5. The van der Waals surface area contributed by atoms with Crippen LogP contribution in [0.5, 0.6) is 11.5 Å². The van der Waals surface area contributed by atoms with Crippen LogP contribution in [0.1, 0.15) is 11.1 Å². The third kappa shape index (κ3) is 4.87. The number of rotatable bonds is 7. The van der Waals surface area contributed by atoms with E-state index in [2.05, 4.69) is 0 Å². The first kappa shape index (κ1) is 22.5. The monoisotopic (exact) mass is 448 g/mol. The number of methoxy groups -OCH3 is 2. The van der Waals surface area contributed by atoms with E-state index in [1.54, 1.807) is 55.6 Å². The van der Waals surface area contributed by atoms with Gasteiger partial charge in [0.15, 0.2) is 11.6 Å². The minimum atomic E-state index is -0.858. The summed E-state index contributed by atoms with van der Waals surface area (Å²) in [5.41, 5.74) is 3.27. The van der Waals surface area contributed by atoms with Gasteiger partial charge in [0.2, 0.25) is 0 Å². The molecule has 0 radical (unpaired) electrons. The first-order valence-corrected chi connectivity index (χ1v) is 10.5. The highest BCUT2D eigenvalue weighted by molar-refractivity contribution is 5.66. The Kier molecular flexibility index (Phi) is 6.68. The fourth-order valence-corrected chi connectivity index (χ4v) is 3.76. The van der Waals surface area contributed by atoms with Gasteiger partial charge in [-0.15, -0.1) is 0 Å². The molecule has 0 heterocycles. The van der Waals surface area contributed by atoms with E-state index in [4.69, 9.17) is 9.47 Å². The van der Waals surface area contributed by atoms with Crippen molar-refractivity contribution < 1.29 is 22.6 Å². The molecule has 2 nitrogen and oxygen atoms in total. The van der Waals surface area contributed by atoms with Crippen LogP contribution in [-0.2, 0) is 12.8 Å². The van der Waals surface area contributed by atoms with Gasteiger partial charge >= 0.3 is 0 Å². The van der Waals surface area contributed by atoms with Crippen LogP contribution in [0.25, 0.3) is 22.3 Å². The highest BCUT2D eigenvalue weighted by Crippen LogP contribution is 2.29. The van der Waals surface area contributed by atoms with Gasteiger partial charge in [-0.05, 0) is 59.4 Å². The predicted molar refractivity (Wildman–Crippen MR) is 124 cm³/mol. The van der Waals surface area contributed by atoms with Crippen LogP contribution < -0.4 is 9.47 Å². The maximum Gasteiger partial charge on any atom is 0.166 e.